The summed E-state index contributed by atoms with van der Waals surface area (Å²) in [5.41, 5.74) is 2.43. The maximum Gasteiger partial charge on any atom is 0.336 e. The Morgan fingerprint density at radius 2 is 1.61 bits per heavy atom. The average Bonchev–Trinajstić information content (AvgIpc) is 2.57. The molecule has 2 aromatic carbocycles. The van der Waals surface area contributed by atoms with Crippen molar-refractivity contribution in [2.75, 3.05) is 18.0 Å². The zero-order valence-electron chi connectivity index (χ0n) is 13.7. The van der Waals surface area contributed by atoms with Crippen molar-refractivity contribution in [2.45, 2.75) is 20.8 Å². The van der Waals surface area contributed by atoms with E-state index in [9.17, 15) is 14.7 Å². The molecule has 0 heterocycles. The van der Waals surface area contributed by atoms with Crippen LogP contribution in [0.5, 0.6) is 0 Å². The predicted octanol–water partition coefficient (Wildman–Crippen LogP) is 3.77. The summed E-state index contributed by atoms with van der Waals surface area (Å²) in [5, 5.41) is 9.53. The molecule has 0 atom stereocenters. The minimum atomic E-state index is -1.09. The number of carboxylic acid groups (broad SMARTS) is 1. The van der Waals surface area contributed by atoms with Gasteiger partial charge in [-0.1, -0.05) is 36.4 Å². The van der Waals surface area contributed by atoms with Gasteiger partial charge in [0, 0.05) is 18.7 Å². The van der Waals surface area contributed by atoms with E-state index in [0.717, 1.165) is 5.56 Å². The summed E-state index contributed by atoms with van der Waals surface area (Å²) >= 11 is 0. The second kappa shape index (κ2) is 7.09. The third-order valence-electron chi connectivity index (χ3n) is 3.95. The molecule has 0 spiro atoms. The Kier molecular flexibility index (Phi) is 5.16. The molecule has 23 heavy (non-hydrogen) atoms. The van der Waals surface area contributed by atoms with Crippen molar-refractivity contribution in [3.05, 3.63) is 64.7 Å². The van der Waals surface area contributed by atoms with Crippen LogP contribution in [-0.4, -0.2) is 29.9 Å². The van der Waals surface area contributed by atoms with Crippen LogP contribution in [0.3, 0.4) is 0 Å². The lowest BCUT2D eigenvalue weighted by Gasteiger charge is -2.26. The molecule has 0 saturated carbocycles. The second-order valence-electron chi connectivity index (χ2n) is 5.33. The second-order valence-corrected chi connectivity index (χ2v) is 5.33. The van der Waals surface area contributed by atoms with E-state index in [1.165, 1.54) is 6.07 Å². The highest BCUT2D eigenvalue weighted by Crippen LogP contribution is 2.30. The van der Waals surface area contributed by atoms with E-state index in [1.54, 1.807) is 30.3 Å². The van der Waals surface area contributed by atoms with Crippen molar-refractivity contribution in [2.24, 2.45) is 0 Å². The van der Waals surface area contributed by atoms with Crippen molar-refractivity contribution in [3.8, 4) is 0 Å². The fourth-order valence-electron chi connectivity index (χ4n) is 2.78. The van der Waals surface area contributed by atoms with Gasteiger partial charge in [-0.3, -0.25) is 4.79 Å². The molecule has 0 radical (unpaired) electrons. The number of carboxylic acids is 1. The molecule has 0 aliphatic rings. The summed E-state index contributed by atoms with van der Waals surface area (Å²) < 4.78 is 0. The predicted molar refractivity (Wildman–Crippen MR) is 91.6 cm³/mol. The third-order valence-corrected chi connectivity index (χ3v) is 3.95. The largest absolute Gasteiger partial charge is 0.478 e. The first-order chi connectivity index (χ1) is 11.0. The van der Waals surface area contributed by atoms with Crippen LogP contribution in [0.2, 0.25) is 0 Å². The highest BCUT2D eigenvalue weighted by atomic mass is 16.4. The Morgan fingerprint density at radius 3 is 2.13 bits per heavy atom. The van der Waals surface area contributed by atoms with Crippen LogP contribution in [0.4, 0.5) is 5.69 Å². The fraction of sp³-hybridized carbons (Fsp3) is 0.263. The first-order valence-electron chi connectivity index (χ1n) is 7.72. The van der Waals surface area contributed by atoms with E-state index in [0.29, 0.717) is 24.3 Å². The molecule has 2 aromatic rings. The van der Waals surface area contributed by atoms with Gasteiger partial charge in [0.1, 0.15) is 0 Å². The smallest absolute Gasteiger partial charge is 0.336 e. The van der Waals surface area contributed by atoms with Crippen LogP contribution in [0.15, 0.2) is 42.5 Å². The summed E-state index contributed by atoms with van der Waals surface area (Å²) in [6, 6.07) is 12.1. The van der Waals surface area contributed by atoms with Gasteiger partial charge in [-0.05, 0) is 32.4 Å². The average molecular weight is 311 g/mol. The highest BCUT2D eigenvalue weighted by Gasteiger charge is 2.25. The number of hydrogen-bond acceptors (Lipinski definition) is 3. The van der Waals surface area contributed by atoms with Crippen LogP contribution in [0, 0.1) is 6.92 Å². The van der Waals surface area contributed by atoms with Crippen LogP contribution < -0.4 is 4.90 Å². The van der Waals surface area contributed by atoms with Crippen molar-refractivity contribution in [3.63, 3.8) is 0 Å². The summed E-state index contributed by atoms with van der Waals surface area (Å²) in [6.45, 7) is 7.30. The van der Waals surface area contributed by atoms with Gasteiger partial charge in [0.05, 0.1) is 16.8 Å². The fourth-order valence-corrected chi connectivity index (χ4v) is 2.78. The van der Waals surface area contributed by atoms with E-state index in [-0.39, 0.29) is 16.9 Å². The lowest BCUT2D eigenvalue weighted by molar-refractivity contribution is 0.0693. The van der Waals surface area contributed by atoms with Crippen molar-refractivity contribution in [1.82, 2.24) is 0 Å². The molecular weight excluding hydrogens is 290 g/mol. The van der Waals surface area contributed by atoms with Crippen molar-refractivity contribution in [1.29, 1.82) is 0 Å². The van der Waals surface area contributed by atoms with Crippen LogP contribution in [0.1, 0.15) is 45.7 Å². The minimum absolute atomic E-state index is 0.0475. The quantitative estimate of drug-likeness (QED) is 0.825. The van der Waals surface area contributed by atoms with Gasteiger partial charge in [0.2, 0.25) is 0 Å². The number of aryl methyl sites for hydroxylation is 1. The zero-order valence-corrected chi connectivity index (χ0v) is 13.7. The topological polar surface area (TPSA) is 57.6 Å². The number of carbonyl (C=O) groups is 2. The Labute approximate surface area is 136 Å². The van der Waals surface area contributed by atoms with Gasteiger partial charge in [-0.25, -0.2) is 4.79 Å². The van der Waals surface area contributed by atoms with Gasteiger partial charge in [-0.2, -0.15) is 0 Å². The van der Waals surface area contributed by atoms with E-state index in [4.69, 9.17) is 0 Å². The Bertz CT molecular complexity index is 719. The number of rotatable bonds is 6. The van der Waals surface area contributed by atoms with E-state index in [2.05, 4.69) is 0 Å². The number of benzene rings is 2. The molecule has 1 N–H and O–H groups in total. The molecule has 0 fully saturated rings. The summed E-state index contributed by atoms with van der Waals surface area (Å²) in [5.74, 6) is -1.34. The number of ketones is 1. The number of aromatic carboxylic acids is 1. The first-order valence-corrected chi connectivity index (χ1v) is 7.72. The van der Waals surface area contributed by atoms with Gasteiger partial charge >= 0.3 is 5.97 Å². The number of hydrogen-bond donors (Lipinski definition) is 1. The molecule has 2 rings (SSSR count). The van der Waals surface area contributed by atoms with Gasteiger partial charge < -0.3 is 10.0 Å². The Hall–Kier alpha value is -2.62. The zero-order chi connectivity index (χ0) is 17.0. The number of anilines is 1. The van der Waals surface area contributed by atoms with Crippen LogP contribution in [-0.2, 0) is 0 Å². The lowest BCUT2D eigenvalue weighted by atomic mass is 9.93. The third kappa shape index (κ3) is 3.26. The molecule has 0 amide bonds. The molecule has 4 heteroatoms. The molecule has 0 bridgehead atoms. The lowest BCUT2D eigenvalue weighted by Crippen LogP contribution is -2.27. The molecule has 0 aliphatic carbocycles. The van der Waals surface area contributed by atoms with E-state index < -0.39 is 5.97 Å². The minimum Gasteiger partial charge on any atom is -0.478 e. The van der Waals surface area contributed by atoms with Crippen LogP contribution >= 0.6 is 0 Å². The van der Waals surface area contributed by atoms with E-state index in [1.807, 2.05) is 31.7 Å². The number of nitrogens with zero attached hydrogens (tertiary/aromatic N) is 1. The van der Waals surface area contributed by atoms with Crippen molar-refractivity contribution >= 4 is 17.4 Å². The first kappa shape index (κ1) is 16.7. The van der Waals surface area contributed by atoms with Crippen LogP contribution in [0.25, 0.3) is 0 Å². The molecular formula is C19H21NO3. The maximum atomic E-state index is 13.0. The molecule has 120 valence electrons. The van der Waals surface area contributed by atoms with Gasteiger partial charge in [0.25, 0.3) is 0 Å². The summed E-state index contributed by atoms with van der Waals surface area (Å²) in [7, 11) is 0. The normalized spacial score (nSPS) is 10.4. The van der Waals surface area contributed by atoms with E-state index >= 15 is 0 Å². The van der Waals surface area contributed by atoms with Gasteiger partial charge in [0.15, 0.2) is 5.78 Å². The summed E-state index contributed by atoms with van der Waals surface area (Å²) in [4.78, 5) is 26.7. The SMILES string of the molecule is CCN(CC)c1c(C)ccc(C(=O)O)c1C(=O)c1ccccc1. The standard InChI is InChI=1S/C19H21NO3/c1-4-20(5-2)17-13(3)11-12-15(19(22)23)16(17)18(21)14-9-7-6-8-10-14/h6-12H,4-5H2,1-3H3,(H,22,23). The number of carbonyl (C=O) groups excluding carboxylic acids is 1. The molecule has 0 aromatic heterocycles. The highest BCUT2D eigenvalue weighted by molar-refractivity contribution is 6.17. The Balaban J connectivity index is 2.74. The van der Waals surface area contributed by atoms with Crippen molar-refractivity contribution < 1.29 is 14.7 Å². The maximum absolute atomic E-state index is 13.0. The molecule has 4 nitrogen and oxygen atoms in total. The Morgan fingerprint density at radius 1 is 1.00 bits per heavy atom. The molecule has 0 unspecified atom stereocenters. The van der Waals surface area contributed by atoms with Gasteiger partial charge in [-0.15, -0.1) is 0 Å². The monoisotopic (exact) mass is 311 g/mol. The molecule has 0 aliphatic heterocycles. The molecule has 0 saturated heterocycles. The summed E-state index contributed by atoms with van der Waals surface area (Å²) in [6.07, 6.45) is 0.